The largest absolute Gasteiger partial charge is 0.418 e. The first-order chi connectivity index (χ1) is 10.4. The van der Waals surface area contributed by atoms with Gasteiger partial charge in [0.15, 0.2) is 5.78 Å². The maximum Gasteiger partial charge on any atom is 0.418 e. The highest BCUT2D eigenvalue weighted by Gasteiger charge is 2.32. The molecule has 3 nitrogen and oxygen atoms in total. The molecule has 0 aliphatic carbocycles. The SMILES string of the molecule is CC(=O)c1cccc(CC=Nc2ccccc2C(F)(F)F)n1. The molecular weight excluding hydrogens is 293 g/mol. The maximum absolute atomic E-state index is 12.8. The Morgan fingerprint density at radius 1 is 1.18 bits per heavy atom. The first-order valence-electron chi connectivity index (χ1n) is 6.53. The van der Waals surface area contributed by atoms with Gasteiger partial charge in [0.2, 0.25) is 0 Å². The second-order valence-electron chi connectivity index (χ2n) is 4.60. The summed E-state index contributed by atoms with van der Waals surface area (Å²) < 4.78 is 38.4. The number of carbonyl (C=O) groups excluding carboxylic acids is 1. The van der Waals surface area contributed by atoms with Crippen molar-refractivity contribution >= 4 is 17.7 Å². The van der Waals surface area contributed by atoms with Crippen molar-refractivity contribution in [2.24, 2.45) is 4.99 Å². The van der Waals surface area contributed by atoms with Crippen molar-refractivity contribution in [1.29, 1.82) is 0 Å². The minimum absolute atomic E-state index is 0.141. The molecule has 0 atom stereocenters. The number of hydrogen-bond acceptors (Lipinski definition) is 3. The number of aromatic nitrogens is 1. The Hall–Kier alpha value is -2.50. The minimum Gasteiger partial charge on any atom is -0.293 e. The van der Waals surface area contributed by atoms with Gasteiger partial charge in [0.05, 0.1) is 11.3 Å². The molecule has 0 N–H and O–H groups in total. The summed E-state index contributed by atoms with van der Waals surface area (Å²) in [5, 5.41) is 0. The molecule has 0 bridgehead atoms. The number of ketones is 1. The molecule has 0 spiro atoms. The maximum atomic E-state index is 12.8. The number of carbonyl (C=O) groups is 1. The summed E-state index contributed by atoms with van der Waals surface area (Å²) in [6.07, 6.45) is -2.84. The Kier molecular flexibility index (Phi) is 4.70. The predicted molar refractivity (Wildman–Crippen MR) is 77.5 cm³/mol. The van der Waals surface area contributed by atoms with E-state index < -0.39 is 11.7 Å². The van der Waals surface area contributed by atoms with Crippen LogP contribution in [0.4, 0.5) is 18.9 Å². The molecule has 0 fully saturated rings. The zero-order valence-corrected chi connectivity index (χ0v) is 11.8. The molecule has 0 saturated heterocycles. The first kappa shape index (κ1) is 15.9. The van der Waals surface area contributed by atoms with E-state index in [2.05, 4.69) is 9.98 Å². The van der Waals surface area contributed by atoms with E-state index >= 15 is 0 Å². The van der Waals surface area contributed by atoms with E-state index in [1.165, 1.54) is 31.3 Å². The van der Waals surface area contributed by atoms with Gasteiger partial charge >= 0.3 is 6.18 Å². The Morgan fingerprint density at radius 2 is 1.91 bits per heavy atom. The summed E-state index contributed by atoms with van der Waals surface area (Å²) in [5.74, 6) is -0.166. The molecular formula is C16H13F3N2O. The van der Waals surface area contributed by atoms with Crippen molar-refractivity contribution < 1.29 is 18.0 Å². The number of hydrogen-bond donors (Lipinski definition) is 0. The summed E-state index contributed by atoms with van der Waals surface area (Å²) in [5.41, 5.74) is -0.0306. The van der Waals surface area contributed by atoms with Gasteiger partial charge in [-0.3, -0.25) is 9.79 Å². The van der Waals surface area contributed by atoms with Crippen LogP contribution in [0.5, 0.6) is 0 Å². The Balaban J connectivity index is 2.17. The number of alkyl halides is 3. The van der Waals surface area contributed by atoms with Crippen molar-refractivity contribution in [3.63, 3.8) is 0 Å². The van der Waals surface area contributed by atoms with Crippen LogP contribution in [0.2, 0.25) is 0 Å². The summed E-state index contributed by atoms with van der Waals surface area (Å²) in [4.78, 5) is 19.2. The lowest BCUT2D eigenvalue weighted by molar-refractivity contribution is -0.137. The highest BCUT2D eigenvalue weighted by Crippen LogP contribution is 2.35. The second kappa shape index (κ2) is 6.51. The van der Waals surface area contributed by atoms with Crippen molar-refractivity contribution in [1.82, 2.24) is 4.98 Å². The summed E-state index contributed by atoms with van der Waals surface area (Å²) in [7, 11) is 0. The fourth-order valence-corrected chi connectivity index (χ4v) is 1.85. The summed E-state index contributed by atoms with van der Waals surface area (Å²) >= 11 is 0. The smallest absolute Gasteiger partial charge is 0.293 e. The topological polar surface area (TPSA) is 42.3 Å². The van der Waals surface area contributed by atoms with E-state index in [-0.39, 0.29) is 17.9 Å². The molecule has 0 amide bonds. The Bertz CT molecular complexity index is 709. The second-order valence-corrected chi connectivity index (χ2v) is 4.60. The average Bonchev–Trinajstić information content (AvgIpc) is 2.47. The summed E-state index contributed by atoms with van der Waals surface area (Å²) in [6.45, 7) is 1.40. The molecule has 0 aliphatic rings. The van der Waals surface area contributed by atoms with Gasteiger partial charge in [-0.25, -0.2) is 4.98 Å². The molecule has 6 heteroatoms. The summed E-state index contributed by atoms with van der Waals surface area (Å²) in [6, 6.07) is 10.1. The van der Waals surface area contributed by atoms with Crippen LogP contribution in [-0.4, -0.2) is 17.0 Å². The van der Waals surface area contributed by atoms with E-state index in [1.54, 1.807) is 18.2 Å². The molecule has 1 aromatic heterocycles. The van der Waals surface area contributed by atoms with Crippen LogP contribution >= 0.6 is 0 Å². The van der Waals surface area contributed by atoms with Gasteiger partial charge in [-0.2, -0.15) is 13.2 Å². The van der Waals surface area contributed by atoms with Gasteiger partial charge in [0.25, 0.3) is 0 Å². The third kappa shape index (κ3) is 4.00. The van der Waals surface area contributed by atoms with E-state index in [9.17, 15) is 18.0 Å². The van der Waals surface area contributed by atoms with E-state index in [0.29, 0.717) is 11.4 Å². The zero-order chi connectivity index (χ0) is 16.2. The minimum atomic E-state index is -4.44. The van der Waals surface area contributed by atoms with Crippen LogP contribution in [0.25, 0.3) is 0 Å². The third-order valence-corrected chi connectivity index (χ3v) is 2.91. The van der Waals surface area contributed by atoms with Crippen LogP contribution < -0.4 is 0 Å². The number of aliphatic imine (C=N–C) groups is 1. The number of nitrogens with zero attached hydrogens (tertiary/aromatic N) is 2. The van der Waals surface area contributed by atoms with Crippen LogP contribution in [0.3, 0.4) is 0 Å². The predicted octanol–water partition coefficient (Wildman–Crippen LogP) is 4.25. The fourth-order valence-electron chi connectivity index (χ4n) is 1.85. The number of pyridine rings is 1. The molecule has 0 saturated carbocycles. The molecule has 1 heterocycles. The van der Waals surface area contributed by atoms with Crippen LogP contribution in [0.15, 0.2) is 47.5 Å². The lowest BCUT2D eigenvalue weighted by atomic mass is 10.1. The number of halogens is 3. The highest BCUT2D eigenvalue weighted by atomic mass is 19.4. The average molecular weight is 306 g/mol. The zero-order valence-electron chi connectivity index (χ0n) is 11.8. The van der Waals surface area contributed by atoms with Crippen LogP contribution in [0.1, 0.15) is 28.7 Å². The number of benzene rings is 1. The van der Waals surface area contributed by atoms with Crippen molar-refractivity contribution in [3.8, 4) is 0 Å². The van der Waals surface area contributed by atoms with Gasteiger partial charge in [0.1, 0.15) is 5.69 Å². The molecule has 114 valence electrons. The van der Waals surface area contributed by atoms with E-state index in [0.717, 1.165) is 6.07 Å². The molecule has 0 aliphatic heterocycles. The molecule has 0 unspecified atom stereocenters. The quantitative estimate of drug-likeness (QED) is 0.626. The van der Waals surface area contributed by atoms with Gasteiger partial charge in [-0.05, 0) is 24.3 Å². The molecule has 0 radical (unpaired) electrons. The van der Waals surface area contributed by atoms with Gasteiger partial charge < -0.3 is 0 Å². The number of para-hydroxylation sites is 1. The lowest BCUT2D eigenvalue weighted by Gasteiger charge is -2.08. The molecule has 1 aromatic carbocycles. The standard InChI is InChI=1S/C16H13F3N2O/c1-11(22)14-8-4-5-12(21-14)9-10-20-15-7-3-2-6-13(15)16(17,18)19/h2-8,10H,9H2,1H3. The lowest BCUT2D eigenvalue weighted by Crippen LogP contribution is -2.05. The van der Waals surface area contributed by atoms with Crippen molar-refractivity contribution in [2.45, 2.75) is 19.5 Å². The van der Waals surface area contributed by atoms with Gasteiger partial charge in [-0.1, -0.05) is 18.2 Å². The first-order valence-corrected chi connectivity index (χ1v) is 6.53. The van der Waals surface area contributed by atoms with Crippen LogP contribution in [0, 0.1) is 0 Å². The van der Waals surface area contributed by atoms with Crippen molar-refractivity contribution in [2.75, 3.05) is 0 Å². The Labute approximate surface area is 125 Å². The van der Waals surface area contributed by atoms with Gasteiger partial charge in [0, 0.05) is 25.3 Å². The van der Waals surface area contributed by atoms with Crippen LogP contribution in [-0.2, 0) is 12.6 Å². The Morgan fingerprint density at radius 3 is 2.59 bits per heavy atom. The molecule has 2 rings (SSSR count). The van der Waals surface area contributed by atoms with Gasteiger partial charge in [-0.15, -0.1) is 0 Å². The normalized spacial score (nSPS) is 11.8. The highest BCUT2D eigenvalue weighted by molar-refractivity contribution is 5.92. The molecule has 22 heavy (non-hydrogen) atoms. The molecule has 2 aromatic rings. The third-order valence-electron chi connectivity index (χ3n) is 2.91. The number of rotatable bonds is 4. The number of Topliss-reactive ketones (excluding diaryl/α,β-unsaturated/α-hetero) is 1. The fraction of sp³-hybridized carbons (Fsp3) is 0.188. The van der Waals surface area contributed by atoms with E-state index in [1.807, 2.05) is 0 Å². The van der Waals surface area contributed by atoms with E-state index in [4.69, 9.17) is 0 Å². The van der Waals surface area contributed by atoms with Crippen molar-refractivity contribution in [3.05, 3.63) is 59.4 Å². The monoisotopic (exact) mass is 306 g/mol.